The van der Waals surface area contributed by atoms with Crippen molar-refractivity contribution in [3.63, 3.8) is 0 Å². The van der Waals surface area contributed by atoms with Crippen molar-refractivity contribution in [1.29, 1.82) is 0 Å². The molecule has 2 aliphatic rings. The Bertz CT molecular complexity index is 10500. The van der Waals surface area contributed by atoms with Gasteiger partial charge in [-0.25, -0.2) is 0 Å². The van der Waals surface area contributed by atoms with E-state index in [0.717, 1.165) is 10.7 Å². The largest absolute Gasteiger partial charge is 0.265 e. The zero-order chi connectivity index (χ0) is 101. The SMILES string of the molecule is Cc1cc2c(ccc3c2ccc2c4cc(C)sc4ccc23)s1.Cc1cc2cc3ccc4cc5cc(C)sc5cc4c3cc2s1.Cc1cc2sc3cc4sc5cc(C)sc5c4cc3c2s1.Cc1ccc(-c2cc3c4c(c(-c5ccc(C)cc5)cc5c4c2SC(c2ccccc2)N=5)SC(c2ccccc2)N=3)cc1.Cc1ccc2c(c1)sc1c2ccc2c3ccc(C)cc3sc21.Cc1csc2c1ccc1c3ccc4c(C)csc4c3ccc12. The van der Waals surface area contributed by atoms with Crippen molar-refractivity contribution < 1.29 is 0 Å². The van der Waals surface area contributed by atoms with Crippen molar-refractivity contribution in [3.05, 3.63) is 423 Å². The van der Waals surface area contributed by atoms with Crippen LogP contribution >= 0.6 is 160 Å². The number of benzene rings is 19. The molecule has 2 atom stereocenters. The van der Waals surface area contributed by atoms with E-state index >= 15 is 0 Å². The highest BCUT2D eigenvalue weighted by Gasteiger charge is 2.32. The molecule has 31 aromatic rings. The molecule has 724 valence electrons. The Morgan fingerprint density at radius 1 is 0.193 bits per heavy atom. The Labute approximate surface area is 923 Å². The minimum atomic E-state index is -0.0155. The fraction of sp³-hybridized carbons (Fsp3) is 0.104. The lowest BCUT2D eigenvalue weighted by molar-refractivity contribution is 0.955. The van der Waals surface area contributed by atoms with Gasteiger partial charge in [0.1, 0.15) is 10.7 Å². The van der Waals surface area contributed by atoms with E-state index < -0.39 is 0 Å². The third-order valence-electron chi connectivity index (χ3n) is 29.6. The van der Waals surface area contributed by atoms with E-state index in [2.05, 4.69) is 421 Å². The number of hydrogen-bond donors (Lipinski definition) is 0. The normalized spacial score (nSPS) is 13.5. The van der Waals surface area contributed by atoms with Crippen molar-refractivity contribution in [2.24, 2.45) is 9.98 Å². The molecule has 2 nitrogen and oxygen atoms in total. The monoisotopic (exact) mass is 2180 g/mol. The van der Waals surface area contributed by atoms with E-state index in [1.54, 1.807) is 0 Å². The van der Waals surface area contributed by atoms with Crippen molar-refractivity contribution in [2.75, 3.05) is 0 Å². The molecular formula is C134H94N2S14. The molecule has 0 bridgehead atoms. The summed E-state index contributed by atoms with van der Waals surface area (Å²) in [7, 11) is 0. The van der Waals surface area contributed by atoms with E-state index in [4.69, 9.17) is 9.98 Å². The van der Waals surface area contributed by atoms with Crippen LogP contribution in [0.4, 0.5) is 0 Å². The van der Waals surface area contributed by atoms with E-state index in [9.17, 15) is 0 Å². The number of hydrogen-bond acceptors (Lipinski definition) is 16. The first-order chi connectivity index (χ1) is 73.1. The van der Waals surface area contributed by atoms with Crippen LogP contribution in [0.1, 0.15) is 84.5 Å². The molecule has 150 heavy (non-hydrogen) atoms. The average molecular weight is 2180 g/mol. The number of nitrogens with zero attached hydrogens (tertiary/aromatic N) is 2. The third kappa shape index (κ3) is 16.6. The molecule has 33 rings (SSSR count). The van der Waals surface area contributed by atoms with Crippen molar-refractivity contribution >= 4 is 375 Å². The summed E-state index contributed by atoms with van der Waals surface area (Å²) in [4.78, 5) is 21.8. The summed E-state index contributed by atoms with van der Waals surface area (Å²) in [5, 5.41) is 42.3. The minimum Gasteiger partial charge on any atom is -0.265 e. The van der Waals surface area contributed by atoms with Crippen LogP contribution in [-0.4, -0.2) is 0 Å². The van der Waals surface area contributed by atoms with Crippen LogP contribution in [-0.2, 0) is 0 Å². The van der Waals surface area contributed by atoms with Crippen LogP contribution in [0.5, 0.6) is 0 Å². The zero-order valence-electron chi connectivity index (χ0n) is 84.1. The molecule has 16 heteroatoms. The molecule has 2 aliphatic heterocycles. The number of aryl methyl sites for hydroxylation is 12. The summed E-state index contributed by atoms with van der Waals surface area (Å²) in [6.07, 6.45) is 0. The van der Waals surface area contributed by atoms with Gasteiger partial charge < -0.3 is 0 Å². The standard InChI is InChI=1S/C38H28N2S2.4C20H14S2.C16H10S4/c1-23-13-17-25(18-14-23)29-21-31-34-33-32(40-37(41-35(29)33)27-9-5-3-6-10-27)22-30(26-19-15-24(2)16-20-26)36(34)42-38(39-31)28-11-7-4-8-12-28;1-11-9-21-19-13(11)3-5-15-16-6-4-14-12(2)10-22-20(14)18(16)8-7-17(15)19;1-11-3-5-13-15-7-8-16-14-6-4-12(2)10-18(14)22-20(16)19(15)21-17(13)9-11;1-11-5-15-7-13-3-4-14-8-16-6-12(2)22-20(16)10-18(14)17(13)9-19(15)21-11;1-11-9-17-15-3-4-16-14(13(15)5-7-19(17)21-11)6-8-20-18(16)10-12(2)22-20;1-7-3-13-15(17-7)9-5-10-12(6-11(9)19-13)20-14-4-8(2)18-16(10)14/h3-22,37-38H,1-2H3;4*3-10H,1-2H3;3-6H,1-2H3. The number of rotatable bonds is 4. The van der Waals surface area contributed by atoms with Gasteiger partial charge in [-0.3, -0.25) is 9.98 Å². The number of fused-ring (bicyclic) bond motifs is 32. The average Bonchev–Trinajstić information content (AvgIpc) is 1.09. The van der Waals surface area contributed by atoms with E-state index in [0.29, 0.717) is 0 Å². The van der Waals surface area contributed by atoms with Crippen LogP contribution in [0.15, 0.2) is 358 Å². The summed E-state index contributed by atoms with van der Waals surface area (Å²) in [6.45, 7) is 26.2. The lowest BCUT2D eigenvalue weighted by atomic mass is 9.95. The zero-order valence-corrected chi connectivity index (χ0v) is 95.5. The first-order valence-corrected chi connectivity index (χ1v) is 62.2. The summed E-state index contributed by atoms with van der Waals surface area (Å²) < 4.78 is 22.8. The van der Waals surface area contributed by atoms with Crippen LogP contribution in [0.25, 0.3) is 237 Å². The molecule has 0 aliphatic carbocycles. The Hall–Kier alpha value is -12.7. The lowest BCUT2D eigenvalue weighted by Gasteiger charge is -2.27. The molecule has 0 saturated carbocycles. The predicted octanol–water partition coefficient (Wildman–Crippen LogP) is 45.0. The smallest absolute Gasteiger partial charge is 0.126 e. The fourth-order valence-electron chi connectivity index (χ4n) is 22.4. The Morgan fingerprint density at radius 3 is 0.967 bits per heavy atom. The second kappa shape index (κ2) is 37.7. The number of thioether (sulfide) groups is 2. The molecule has 0 radical (unpaired) electrons. The molecule has 12 aromatic heterocycles. The molecule has 0 amide bonds. The summed E-state index contributed by atoms with van der Waals surface area (Å²) >= 11 is 26.6. The maximum atomic E-state index is 5.42. The molecule has 19 aromatic carbocycles. The van der Waals surface area contributed by atoms with Gasteiger partial charge in [-0.2, -0.15) is 0 Å². The highest BCUT2D eigenvalue weighted by Crippen LogP contribution is 2.55. The summed E-state index contributed by atoms with van der Waals surface area (Å²) in [5.74, 6) is 0. The van der Waals surface area contributed by atoms with E-state index in [-0.39, 0.29) is 10.7 Å². The van der Waals surface area contributed by atoms with Crippen molar-refractivity contribution in [3.8, 4) is 22.3 Å². The van der Waals surface area contributed by atoms with Gasteiger partial charge in [0.05, 0.1) is 29.5 Å². The Kier molecular flexibility index (Phi) is 23.8. The molecular weight excluding hydrogens is 2090 g/mol. The van der Waals surface area contributed by atoms with Crippen LogP contribution < -0.4 is 10.7 Å². The third-order valence-corrected chi connectivity index (χ3v) is 45.6. The van der Waals surface area contributed by atoms with Gasteiger partial charge in [0, 0.05) is 160 Å². The van der Waals surface area contributed by atoms with Crippen LogP contribution in [0.2, 0.25) is 0 Å². The van der Waals surface area contributed by atoms with Gasteiger partial charge in [0.2, 0.25) is 0 Å². The molecule has 0 N–H and O–H groups in total. The van der Waals surface area contributed by atoms with Gasteiger partial charge in [-0.1, -0.05) is 253 Å². The summed E-state index contributed by atoms with van der Waals surface area (Å²) in [6, 6.07) is 122. The first-order valence-electron chi connectivity index (χ1n) is 50.5. The molecule has 0 spiro atoms. The van der Waals surface area contributed by atoms with Gasteiger partial charge in [0.15, 0.2) is 0 Å². The molecule has 14 heterocycles. The quantitative estimate of drug-likeness (QED) is 0.164. The van der Waals surface area contributed by atoms with E-state index in [1.807, 2.05) is 160 Å². The van der Waals surface area contributed by atoms with Crippen LogP contribution in [0, 0.1) is 83.1 Å². The van der Waals surface area contributed by atoms with Gasteiger partial charge in [-0.05, 0) is 334 Å². The Morgan fingerprint density at radius 2 is 0.540 bits per heavy atom. The van der Waals surface area contributed by atoms with Gasteiger partial charge >= 0.3 is 0 Å². The van der Waals surface area contributed by atoms with Crippen molar-refractivity contribution in [2.45, 2.75) is 104 Å². The van der Waals surface area contributed by atoms with Gasteiger partial charge in [0.25, 0.3) is 0 Å². The Balaban J connectivity index is 0.0000000885. The first kappa shape index (κ1) is 94.5. The molecule has 0 fully saturated rings. The fourth-order valence-corrected chi connectivity index (χ4v) is 38.7. The topological polar surface area (TPSA) is 24.7 Å². The molecule has 2 unspecified atom stereocenters. The second-order valence-corrected chi connectivity index (χ2v) is 56.0. The number of thiophene rings is 12. The minimum absolute atomic E-state index is 0.0155. The predicted molar refractivity (Wildman–Crippen MR) is 681 cm³/mol. The molecule has 0 saturated heterocycles. The van der Waals surface area contributed by atoms with Gasteiger partial charge in [-0.15, -0.1) is 136 Å². The van der Waals surface area contributed by atoms with Crippen molar-refractivity contribution in [1.82, 2.24) is 0 Å². The second-order valence-electron chi connectivity index (χ2n) is 40.1. The maximum absolute atomic E-state index is 5.42. The maximum Gasteiger partial charge on any atom is 0.126 e. The lowest BCUT2D eigenvalue weighted by Crippen LogP contribution is -2.21. The highest BCUT2D eigenvalue weighted by atomic mass is 32.2. The highest BCUT2D eigenvalue weighted by molar-refractivity contribution is 8.00. The van der Waals surface area contributed by atoms with Crippen LogP contribution in [0.3, 0.4) is 0 Å². The van der Waals surface area contributed by atoms with E-state index in [1.165, 1.54) is 321 Å². The summed E-state index contributed by atoms with van der Waals surface area (Å²) in [5.41, 5.74) is 15.3.